The van der Waals surface area contributed by atoms with Gasteiger partial charge in [-0.2, -0.15) is 0 Å². The Labute approximate surface area is 132 Å². The largest absolute Gasteiger partial charge is 0.372 e. The molecule has 0 spiro atoms. The molecule has 0 aliphatic carbocycles. The van der Waals surface area contributed by atoms with Gasteiger partial charge < -0.3 is 10.1 Å². The summed E-state index contributed by atoms with van der Waals surface area (Å²) in [5.74, 6) is 0. The van der Waals surface area contributed by atoms with Gasteiger partial charge in [0.2, 0.25) is 0 Å². The zero-order valence-corrected chi connectivity index (χ0v) is 14.2. The summed E-state index contributed by atoms with van der Waals surface area (Å²) in [6.07, 6.45) is 0. The number of aryl methyl sites for hydroxylation is 1. The molecule has 21 heavy (non-hydrogen) atoms. The van der Waals surface area contributed by atoms with Gasteiger partial charge in [-0.15, -0.1) is 11.3 Å². The van der Waals surface area contributed by atoms with Gasteiger partial charge in [0.1, 0.15) is 0 Å². The quantitative estimate of drug-likeness (QED) is 0.838. The van der Waals surface area contributed by atoms with E-state index >= 15 is 0 Å². The summed E-state index contributed by atoms with van der Waals surface area (Å²) < 4.78 is 5.83. The Morgan fingerprint density at radius 1 is 1.10 bits per heavy atom. The number of thiophene rings is 1. The monoisotopic (exact) mass is 303 g/mol. The summed E-state index contributed by atoms with van der Waals surface area (Å²) in [5, 5.41) is 3.53. The first-order chi connectivity index (χ1) is 9.94. The van der Waals surface area contributed by atoms with Gasteiger partial charge in [0.25, 0.3) is 0 Å². The van der Waals surface area contributed by atoms with Crippen molar-refractivity contribution in [2.45, 2.75) is 53.0 Å². The maximum absolute atomic E-state index is 5.83. The van der Waals surface area contributed by atoms with Gasteiger partial charge in [-0.1, -0.05) is 30.3 Å². The van der Waals surface area contributed by atoms with Crippen molar-refractivity contribution in [2.24, 2.45) is 0 Å². The maximum atomic E-state index is 5.83. The molecule has 0 aliphatic heterocycles. The summed E-state index contributed by atoms with van der Waals surface area (Å²) in [5.41, 5.74) is 2.68. The average molecular weight is 303 g/mol. The minimum absolute atomic E-state index is 0.155. The van der Waals surface area contributed by atoms with Crippen LogP contribution in [0.2, 0.25) is 0 Å². The highest BCUT2D eigenvalue weighted by molar-refractivity contribution is 7.12. The first-order valence-corrected chi connectivity index (χ1v) is 8.20. The second-order valence-corrected chi connectivity index (χ2v) is 7.72. The standard InChI is InChI=1S/C18H25NOS/c1-14-16(10-17(21-14)11-19-18(2,3)4)13-20-12-15-8-6-5-7-9-15/h5-10,19H,11-13H2,1-4H3. The predicted molar refractivity (Wildman–Crippen MR) is 90.6 cm³/mol. The molecule has 0 unspecified atom stereocenters. The molecule has 0 bridgehead atoms. The van der Waals surface area contributed by atoms with E-state index in [1.165, 1.54) is 20.9 Å². The van der Waals surface area contributed by atoms with Crippen LogP contribution < -0.4 is 5.32 Å². The molecule has 0 aliphatic rings. The van der Waals surface area contributed by atoms with Crippen LogP contribution in [0.25, 0.3) is 0 Å². The summed E-state index contributed by atoms with van der Waals surface area (Å²) in [7, 11) is 0. The number of hydrogen-bond acceptors (Lipinski definition) is 3. The van der Waals surface area contributed by atoms with E-state index in [2.05, 4.69) is 51.2 Å². The van der Waals surface area contributed by atoms with Crippen molar-refractivity contribution in [1.82, 2.24) is 5.32 Å². The highest BCUT2D eigenvalue weighted by atomic mass is 32.1. The van der Waals surface area contributed by atoms with Crippen LogP contribution in [0.15, 0.2) is 36.4 Å². The minimum Gasteiger partial charge on any atom is -0.372 e. The Kier molecular flexibility index (Phi) is 5.57. The maximum Gasteiger partial charge on any atom is 0.0732 e. The predicted octanol–water partition coefficient (Wildman–Crippen LogP) is 4.66. The summed E-state index contributed by atoms with van der Waals surface area (Å²) in [4.78, 5) is 2.73. The highest BCUT2D eigenvalue weighted by Gasteiger charge is 2.11. The van der Waals surface area contributed by atoms with E-state index in [-0.39, 0.29) is 5.54 Å². The molecule has 1 aromatic carbocycles. The third kappa shape index (κ3) is 5.62. The molecule has 1 N–H and O–H groups in total. The number of benzene rings is 1. The van der Waals surface area contributed by atoms with Crippen LogP contribution in [-0.2, 0) is 24.5 Å². The Balaban J connectivity index is 1.85. The molecule has 2 rings (SSSR count). The molecule has 0 fully saturated rings. The van der Waals surface area contributed by atoms with Crippen molar-refractivity contribution in [2.75, 3.05) is 0 Å². The fourth-order valence-corrected chi connectivity index (χ4v) is 3.01. The summed E-state index contributed by atoms with van der Waals surface area (Å²) in [6.45, 7) is 11.0. The van der Waals surface area contributed by atoms with Crippen LogP contribution in [0.5, 0.6) is 0 Å². The van der Waals surface area contributed by atoms with Crippen LogP contribution >= 0.6 is 11.3 Å². The van der Waals surface area contributed by atoms with E-state index in [1.807, 2.05) is 29.5 Å². The van der Waals surface area contributed by atoms with E-state index in [0.717, 1.165) is 6.54 Å². The van der Waals surface area contributed by atoms with Gasteiger partial charge in [0.15, 0.2) is 0 Å². The van der Waals surface area contributed by atoms with Crippen molar-refractivity contribution in [1.29, 1.82) is 0 Å². The Morgan fingerprint density at radius 3 is 2.48 bits per heavy atom. The Hall–Kier alpha value is -1.16. The SMILES string of the molecule is Cc1sc(CNC(C)(C)C)cc1COCc1ccccc1. The highest BCUT2D eigenvalue weighted by Crippen LogP contribution is 2.23. The first kappa shape index (κ1) is 16.2. The van der Waals surface area contributed by atoms with E-state index in [1.54, 1.807) is 0 Å². The lowest BCUT2D eigenvalue weighted by Gasteiger charge is -2.19. The van der Waals surface area contributed by atoms with Crippen LogP contribution in [0.1, 0.15) is 41.7 Å². The molecule has 0 atom stereocenters. The fourth-order valence-electron chi connectivity index (χ4n) is 2.02. The van der Waals surface area contributed by atoms with Gasteiger partial charge in [0, 0.05) is 21.8 Å². The lowest BCUT2D eigenvalue weighted by atomic mass is 10.1. The molecule has 3 heteroatoms. The lowest BCUT2D eigenvalue weighted by molar-refractivity contribution is 0.107. The fraction of sp³-hybridized carbons (Fsp3) is 0.444. The third-order valence-corrected chi connectivity index (χ3v) is 4.33. The minimum atomic E-state index is 0.155. The Morgan fingerprint density at radius 2 is 1.81 bits per heavy atom. The molecule has 114 valence electrons. The molecule has 1 heterocycles. The van der Waals surface area contributed by atoms with Crippen LogP contribution in [0.4, 0.5) is 0 Å². The van der Waals surface area contributed by atoms with E-state index in [4.69, 9.17) is 4.74 Å². The number of hydrogen-bond donors (Lipinski definition) is 1. The topological polar surface area (TPSA) is 21.3 Å². The molecule has 2 nitrogen and oxygen atoms in total. The molecule has 0 amide bonds. The molecular formula is C18H25NOS. The summed E-state index contributed by atoms with van der Waals surface area (Å²) in [6, 6.07) is 12.6. The van der Waals surface area contributed by atoms with Crippen LogP contribution in [0, 0.1) is 6.92 Å². The van der Waals surface area contributed by atoms with Gasteiger partial charge in [-0.25, -0.2) is 0 Å². The molecule has 1 aromatic heterocycles. The zero-order valence-electron chi connectivity index (χ0n) is 13.4. The lowest BCUT2D eigenvalue weighted by Crippen LogP contribution is -2.34. The molecule has 0 saturated carbocycles. The second-order valence-electron chi connectivity index (χ2n) is 6.38. The molecule has 2 aromatic rings. The first-order valence-electron chi connectivity index (χ1n) is 7.39. The van der Waals surface area contributed by atoms with Crippen molar-refractivity contribution < 1.29 is 4.74 Å². The summed E-state index contributed by atoms with van der Waals surface area (Å²) >= 11 is 1.86. The Bertz CT molecular complexity index is 554. The number of ether oxygens (including phenoxy) is 1. The van der Waals surface area contributed by atoms with E-state index < -0.39 is 0 Å². The van der Waals surface area contributed by atoms with Crippen LogP contribution in [-0.4, -0.2) is 5.54 Å². The van der Waals surface area contributed by atoms with Gasteiger partial charge in [0.05, 0.1) is 13.2 Å². The molecular weight excluding hydrogens is 278 g/mol. The van der Waals surface area contributed by atoms with E-state index in [9.17, 15) is 0 Å². The molecule has 0 radical (unpaired) electrons. The van der Waals surface area contributed by atoms with Crippen molar-refractivity contribution in [3.8, 4) is 0 Å². The van der Waals surface area contributed by atoms with Crippen molar-refractivity contribution >= 4 is 11.3 Å². The van der Waals surface area contributed by atoms with E-state index in [0.29, 0.717) is 13.2 Å². The van der Waals surface area contributed by atoms with Crippen LogP contribution in [0.3, 0.4) is 0 Å². The normalized spacial score (nSPS) is 11.8. The van der Waals surface area contributed by atoms with Gasteiger partial charge in [-0.05, 0) is 44.9 Å². The zero-order chi connectivity index (χ0) is 15.3. The number of rotatable bonds is 6. The average Bonchev–Trinajstić information content (AvgIpc) is 2.78. The number of nitrogens with one attached hydrogen (secondary N) is 1. The third-order valence-electron chi connectivity index (χ3n) is 3.23. The smallest absolute Gasteiger partial charge is 0.0732 e. The van der Waals surface area contributed by atoms with Crippen molar-refractivity contribution in [3.63, 3.8) is 0 Å². The van der Waals surface area contributed by atoms with Gasteiger partial charge >= 0.3 is 0 Å². The molecule has 0 saturated heterocycles. The second kappa shape index (κ2) is 7.21. The van der Waals surface area contributed by atoms with Crippen molar-refractivity contribution in [3.05, 3.63) is 57.3 Å². The van der Waals surface area contributed by atoms with Gasteiger partial charge in [-0.3, -0.25) is 0 Å².